The number of carboxylic acids is 1. The van der Waals surface area contributed by atoms with Crippen LogP contribution in [0, 0.1) is 10.1 Å². The molecule has 0 saturated carbocycles. The first kappa shape index (κ1) is 17.5. The van der Waals surface area contributed by atoms with Crippen LogP contribution >= 0.6 is 11.6 Å². The third-order valence-electron chi connectivity index (χ3n) is 3.48. The highest BCUT2D eigenvalue weighted by atomic mass is 35.5. The molecule has 0 radical (unpaired) electrons. The number of hydrogen-bond donors (Lipinski definition) is 1. The quantitative estimate of drug-likeness (QED) is 0.654. The molecule has 126 valence electrons. The molecule has 0 aliphatic carbocycles. The van der Waals surface area contributed by atoms with E-state index in [9.17, 15) is 19.7 Å². The number of carboxylic acid groups (broad SMARTS) is 1. The van der Waals surface area contributed by atoms with Crippen LogP contribution in [0.3, 0.4) is 0 Å². The maximum absolute atomic E-state index is 12.2. The average Bonchev–Trinajstić information content (AvgIpc) is 2.53. The molecule has 2 aromatic rings. The summed E-state index contributed by atoms with van der Waals surface area (Å²) in [4.78, 5) is 33.9. The Morgan fingerprint density at radius 3 is 2.58 bits per heavy atom. The lowest BCUT2D eigenvalue weighted by atomic mass is 10.0. The van der Waals surface area contributed by atoms with Crippen molar-refractivity contribution in [2.24, 2.45) is 0 Å². The minimum absolute atomic E-state index is 0.108. The van der Waals surface area contributed by atoms with Gasteiger partial charge in [-0.2, -0.15) is 0 Å². The lowest BCUT2D eigenvalue weighted by Crippen LogP contribution is -2.27. The minimum atomic E-state index is -1.19. The minimum Gasteiger partial charge on any atom is -0.495 e. The lowest BCUT2D eigenvalue weighted by Gasteiger charge is -2.15. The number of nitrogens with zero attached hydrogens (tertiary/aromatic N) is 2. The number of nitro benzene ring substituents is 1. The molecule has 1 N–H and O–H groups in total. The van der Waals surface area contributed by atoms with Gasteiger partial charge in [-0.1, -0.05) is 11.6 Å². The van der Waals surface area contributed by atoms with E-state index >= 15 is 0 Å². The van der Waals surface area contributed by atoms with Crippen molar-refractivity contribution < 1.29 is 19.6 Å². The normalized spacial score (nSPS) is 11.8. The first-order valence-corrected chi connectivity index (χ1v) is 7.11. The highest BCUT2D eigenvalue weighted by Crippen LogP contribution is 2.37. The molecule has 0 aliphatic rings. The summed E-state index contributed by atoms with van der Waals surface area (Å²) in [5.74, 6) is -1.08. The van der Waals surface area contributed by atoms with Crippen LogP contribution in [-0.2, 0) is 4.79 Å². The van der Waals surface area contributed by atoms with Crippen molar-refractivity contribution in [2.75, 3.05) is 7.11 Å². The Morgan fingerprint density at radius 1 is 1.38 bits per heavy atom. The second kappa shape index (κ2) is 6.71. The first-order chi connectivity index (χ1) is 11.3. The molecule has 0 aliphatic heterocycles. The number of ether oxygens (including phenoxy) is 1. The van der Waals surface area contributed by atoms with Gasteiger partial charge in [0, 0.05) is 22.7 Å². The summed E-state index contributed by atoms with van der Waals surface area (Å²) in [6.07, 6.45) is 1.21. The molecule has 24 heavy (non-hydrogen) atoms. The van der Waals surface area contributed by atoms with E-state index in [4.69, 9.17) is 21.4 Å². The number of aliphatic carboxylic acids is 1. The Balaban J connectivity index is 2.75. The Labute approximate surface area is 141 Å². The molecule has 1 aromatic heterocycles. The van der Waals surface area contributed by atoms with Crippen LogP contribution in [0.25, 0.3) is 11.1 Å². The maximum atomic E-state index is 12.2. The van der Waals surface area contributed by atoms with Gasteiger partial charge >= 0.3 is 5.97 Å². The zero-order chi connectivity index (χ0) is 18.0. The van der Waals surface area contributed by atoms with Crippen molar-refractivity contribution in [3.63, 3.8) is 0 Å². The molecule has 0 bridgehead atoms. The van der Waals surface area contributed by atoms with Crippen molar-refractivity contribution in [2.45, 2.75) is 13.0 Å². The molecule has 1 atom stereocenters. The van der Waals surface area contributed by atoms with Gasteiger partial charge in [0.15, 0.2) is 0 Å². The van der Waals surface area contributed by atoms with Gasteiger partial charge in [-0.3, -0.25) is 19.5 Å². The molecule has 2 rings (SSSR count). The monoisotopic (exact) mass is 352 g/mol. The fourth-order valence-electron chi connectivity index (χ4n) is 2.21. The van der Waals surface area contributed by atoms with Crippen LogP contribution < -0.4 is 10.3 Å². The number of aromatic nitrogens is 1. The van der Waals surface area contributed by atoms with E-state index in [1.165, 1.54) is 38.4 Å². The number of halogens is 1. The van der Waals surface area contributed by atoms with Crippen LogP contribution in [0.5, 0.6) is 5.75 Å². The molecular formula is C15H13ClN2O6. The Kier molecular flexibility index (Phi) is 4.89. The summed E-state index contributed by atoms with van der Waals surface area (Å²) in [5, 5.41) is 20.5. The number of rotatable bonds is 5. The standard InChI is InChI=1S/C15H13ClN2O6/c1-8(15(20)21)17-7-13(24-2)11(6-14(17)19)10-5-9(16)3-4-12(10)18(22)23/h3-8H,1-2H3,(H,20,21). The summed E-state index contributed by atoms with van der Waals surface area (Å²) < 4.78 is 6.15. The van der Waals surface area contributed by atoms with Crippen LogP contribution in [0.2, 0.25) is 5.02 Å². The Bertz CT molecular complexity index is 877. The molecule has 8 nitrogen and oxygen atoms in total. The maximum Gasteiger partial charge on any atom is 0.326 e. The van der Waals surface area contributed by atoms with Crippen molar-refractivity contribution in [3.05, 3.63) is 56.0 Å². The molecule has 9 heteroatoms. The van der Waals surface area contributed by atoms with Gasteiger partial charge in [-0.25, -0.2) is 4.79 Å². The fraction of sp³-hybridized carbons (Fsp3) is 0.200. The zero-order valence-corrected chi connectivity index (χ0v) is 13.5. The summed E-state index contributed by atoms with van der Waals surface area (Å²) >= 11 is 5.91. The second-order valence-corrected chi connectivity index (χ2v) is 5.37. The molecule has 0 saturated heterocycles. The van der Waals surface area contributed by atoms with Gasteiger partial charge in [-0.05, 0) is 19.1 Å². The van der Waals surface area contributed by atoms with E-state index in [0.717, 1.165) is 10.6 Å². The highest BCUT2D eigenvalue weighted by molar-refractivity contribution is 6.31. The number of nitro groups is 1. The Hall–Kier alpha value is -2.87. The molecule has 0 spiro atoms. The van der Waals surface area contributed by atoms with E-state index in [0.29, 0.717) is 0 Å². The predicted molar refractivity (Wildman–Crippen MR) is 86.7 cm³/mol. The van der Waals surface area contributed by atoms with E-state index in [1.807, 2.05) is 0 Å². The second-order valence-electron chi connectivity index (χ2n) is 4.93. The predicted octanol–water partition coefficient (Wildman–Crippen LogP) is 2.73. The lowest BCUT2D eigenvalue weighted by molar-refractivity contribution is -0.384. The summed E-state index contributed by atoms with van der Waals surface area (Å²) in [6, 6.07) is 3.92. The highest BCUT2D eigenvalue weighted by Gasteiger charge is 2.22. The van der Waals surface area contributed by atoms with E-state index < -0.39 is 22.5 Å². The summed E-state index contributed by atoms with van der Waals surface area (Å²) in [5.41, 5.74) is -0.613. The van der Waals surface area contributed by atoms with Gasteiger partial charge in [0.25, 0.3) is 11.2 Å². The number of methoxy groups -OCH3 is 1. The van der Waals surface area contributed by atoms with Gasteiger partial charge in [-0.15, -0.1) is 0 Å². The van der Waals surface area contributed by atoms with Crippen molar-refractivity contribution in [1.82, 2.24) is 4.57 Å². The van der Waals surface area contributed by atoms with Crippen molar-refractivity contribution in [3.8, 4) is 16.9 Å². The van der Waals surface area contributed by atoms with Crippen molar-refractivity contribution >= 4 is 23.3 Å². The largest absolute Gasteiger partial charge is 0.495 e. The first-order valence-electron chi connectivity index (χ1n) is 6.73. The summed E-state index contributed by atoms with van der Waals surface area (Å²) in [7, 11) is 1.31. The fourth-order valence-corrected chi connectivity index (χ4v) is 2.38. The SMILES string of the molecule is COc1cn(C(C)C(=O)O)c(=O)cc1-c1cc(Cl)ccc1[N+](=O)[O-]. The third-order valence-corrected chi connectivity index (χ3v) is 3.72. The topological polar surface area (TPSA) is 112 Å². The van der Waals surface area contributed by atoms with Crippen LogP contribution in [0.15, 0.2) is 35.3 Å². The van der Waals surface area contributed by atoms with Crippen LogP contribution in [-0.4, -0.2) is 27.7 Å². The number of hydrogen-bond acceptors (Lipinski definition) is 5. The van der Waals surface area contributed by atoms with E-state index in [-0.39, 0.29) is 27.6 Å². The molecular weight excluding hydrogens is 340 g/mol. The van der Waals surface area contributed by atoms with Gasteiger partial charge in [0.2, 0.25) is 0 Å². The molecule has 1 aromatic carbocycles. The summed E-state index contributed by atoms with van der Waals surface area (Å²) in [6.45, 7) is 1.34. The van der Waals surface area contributed by atoms with Gasteiger partial charge in [0.05, 0.1) is 23.8 Å². The van der Waals surface area contributed by atoms with Crippen LogP contribution in [0.1, 0.15) is 13.0 Å². The Morgan fingerprint density at radius 2 is 2.04 bits per heavy atom. The third kappa shape index (κ3) is 3.23. The zero-order valence-electron chi connectivity index (χ0n) is 12.7. The smallest absolute Gasteiger partial charge is 0.326 e. The van der Waals surface area contributed by atoms with E-state index in [2.05, 4.69) is 0 Å². The molecule has 1 heterocycles. The molecule has 0 amide bonds. The average molecular weight is 353 g/mol. The van der Waals surface area contributed by atoms with Crippen molar-refractivity contribution in [1.29, 1.82) is 0 Å². The number of benzene rings is 1. The number of carbonyl (C=O) groups is 1. The van der Waals surface area contributed by atoms with Gasteiger partial charge < -0.3 is 9.84 Å². The van der Waals surface area contributed by atoms with Gasteiger partial charge in [0.1, 0.15) is 11.8 Å². The number of pyridine rings is 1. The van der Waals surface area contributed by atoms with Crippen LogP contribution in [0.4, 0.5) is 5.69 Å². The molecule has 1 unspecified atom stereocenters. The van der Waals surface area contributed by atoms with E-state index in [1.54, 1.807) is 0 Å². The molecule has 0 fully saturated rings.